The number of nitrogens with one attached hydrogen (secondary N) is 1. The molecule has 0 aliphatic carbocycles. The summed E-state index contributed by atoms with van der Waals surface area (Å²) >= 11 is 1.40. The van der Waals surface area contributed by atoms with Gasteiger partial charge in [-0.2, -0.15) is 0 Å². The number of benzene rings is 1. The highest BCUT2D eigenvalue weighted by atomic mass is 32.1. The maximum atomic E-state index is 11.2. The van der Waals surface area contributed by atoms with E-state index >= 15 is 0 Å². The van der Waals surface area contributed by atoms with E-state index in [0.29, 0.717) is 24.4 Å². The number of hydrogen-bond donors (Lipinski definition) is 1. The molecule has 0 bridgehead atoms. The number of methoxy groups -OCH3 is 1. The van der Waals surface area contributed by atoms with E-state index < -0.39 is 0 Å². The summed E-state index contributed by atoms with van der Waals surface area (Å²) in [6.07, 6.45) is 1.83. The molecule has 102 valence electrons. The highest BCUT2D eigenvalue weighted by molar-refractivity contribution is 7.16. The lowest BCUT2D eigenvalue weighted by Crippen LogP contribution is -2.05. The first-order chi connectivity index (χ1) is 9.24. The van der Waals surface area contributed by atoms with Crippen LogP contribution in [0.25, 0.3) is 10.2 Å². The topological polar surface area (TPSA) is 77.3 Å². The number of anilines is 1. The van der Waals surface area contributed by atoms with Gasteiger partial charge in [0.05, 0.1) is 15.1 Å². The SMILES string of the molecule is COCCCCNc1ccc2scnc2c1[N+](=O)[O-]. The molecule has 0 aliphatic rings. The molecule has 0 saturated heterocycles. The highest BCUT2D eigenvalue weighted by Crippen LogP contribution is 2.34. The van der Waals surface area contributed by atoms with Crippen LogP contribution >= 0.6 is 11.3 Å². The number of fused-ring (bicyclic) bond motifs is 1. The van der Waals surface area contributed by atoms with Crippen LogP contribution < -0.4 is 5.32 Å². The zero-order valence-corrected chi connectivity index (χ0v) is 11.4. The Bertz CT molecular complexity index is 570. The van der Waals surface area contributed by atoms with E-state index in [9.17, 15) is 10.1 Å². The molecule has 0 fully saturated rings. The van der Waals surface area contributed by atoms with Crippen LogP contribution in [0.1, 0.15) is 12.8 Å². The number of hydrogen-bond acceptors (Lipinski definition) is 6. The van der Waals surface area contributed by atoms with Crippen LogP contribution in [-0.2, 0) is 4.74 Å². The minimum Gasteiger partial charge on any atom is -0.385 e. The van der Waals surface area contributed by atoms with Crippen LogP contribution in [0.5, 0.6) is 0 Å². The van der Waals surface area contributed by atoms with Crippen LogP contribution in [0.2, 0.25) is 0 Å². The van der Waals surface area contributed by atoms with Gasteiger partial charge in [-0.3, -0.25) is 10.1 Å². The van der Waals surface area contributed by atoms with E-state index in [1.165, 1.54) is 11.3 Å². The Morgan fingerprint density at radius 3 is 3.05 bits per heavy atom. The Morgan fingerprint density at radius 2 is 2.32 bits per heavy atom. The van der Waals surface area contributed by atoms with E-state index in [0.717, 1.165) is 17.5 Å². The summed E-state index contributed by atoms with van der Waals surface area (Å²) in [4.78, 5) is 14.9. The van der Waals surface area contributed by atoms with Crippen LogP contribution in [0, 0.1) is 10.1 Å². The zero-order chi connectivity index (χ0) is 13.7. The number of nitrogens with zero attached hydrogens (tertiary/aromatic N) is 2. The van der Waals surface area contributed by atoms with Crippen LogP contribution in [0.15, 0.2) is 17.6 Å². The number of unbranched alkanes of at least 4 members (excludes halogenated alkanes) is 1. The molecular weight excluding hydrogens is 266 g/mol. The second kappa shape index (κ2) is 6.44. The highest BCUT2D eigenvalue weighted by Gasteiger charge is 2.20. The van der Waals surface area contributed by atoms with Crippen molar-refractivity contribution < 1.29 is 9.66 Å². The molecule has 7 heteroatoms. The maximum Gasteiger partial charge on any atom is 0.319 e. The van der Waals surface area contributed by atoms with Gasteiger partial charge in [-0.25, -0.2) is 4.98 Å². The fourth-order valence-corrected chi connectivity index (χ4v) is 2.52. The molecule has 1 aromatic carbocycles. The van der Waals surface area contributed by atoms with Gasteiger partial charge in [0.1, 0.15) is 5.69 Å². The predicted octanol–water partition coefficient (Wildman–Crippen LogP) is 3.04. The molecule has 6 nitrogen and oxygen atoms in total. The first kappa shape index (κ1) is 13.7. The van der Waals surface area contributed by atoms with E-state index in [2.05, 4.69) is 10.3 Å². The summed E-state index contributed by atoms with van der Waals surface area (Å²) in [5, 5.41) is 14.3. The van der Waals surface area contributed by atoms with E-state index in [-0.39, 0.29) is 10.6 Å². The van der Waals surface area contributed by atoms with Gasteiger partial charge in [-0.1, -0.05) is 0 Å². The molecular formula is C12H15N3O3S. The minimum absolute atomic E-state index is 0.0606. The second-order valence-corrected chi connectivity index (χ2v) is 4.93. The smallest absolute Gasteiger partial charge is 0.319 e. The van der Waals surface area contributed by atoms with Crippen molar-refractivity contribution >= 4 is 32.9 Å². The summed E-state index contributed by atoms with van der Waals surface area (Å²) < 4.78 is 5.79. The lowest BCUT2D eigenvalue weighted by Gasteiger charge is -2.07. The molecule has 1 aromatic heterocycles. The fraction of sp³-hybridized carbons (Fsp3) is 0.417. The first-order valence-electron chi connectivity index (χ1n) is 5.97. The molecule has 19 heavy (non-hydrogen) atoms. The quantitative estimate of drug-likeness (QED) is 0.479. The monoisotopic (exact) mass is 281 g/mol. The number of ether oxygens (including phenoxy) is 1. The number of nitro groups is 1. The molecule has 2 rings (SSSR count). The van der Waals surface area contributed by atoms with Crippen molar-refractivity contribution in [2.45, 2.75) is 12.8 Å². The standard InChI is InChI=1S/C12H15N3O3S/c1-18-7-3-2-6-13-9-4-5-10-11(14-8-19-10)12(9)15(16)17/h4-5,8,13H,2-3,6-7H2,1H3. The van der Waals surface area contributed by atoms with Crippen molar-refractivity contribution in [1.82, 2.24) is 4.98 Å². The van der Waals surface area contributed by atoms with Crippen molar-refractivity contribution in [2.75, 3.05) is 25.6 Å². The summed E-state index contributed by atoms with van der Waals surface area (Å²) in [5.41, 5.74) is 2.67. The maximum absolute atomic E-state index is 11.2. The fourth-order valence-electron chi connectivity index (χ4n) is 1.84. The average molecular weight is 281 g/mol. The number of aromatic nitrogens is 1. The summed E-state index contributed by atoms with van der Waals surface area (Å²) in [6, 6.07) is 3.60. The van der Waals surface area contributed by atoms with Crippen LogP contribution in [-0.4, -0.2) is 30.2 Å². The van der Waals surface area contributed by atoms with Crippen LogP contribution in [0.3, 0.4) is 0 Å². The van der Waals surface area contributed by atoms with Gasteiger partial charge in [0.25, 0.3) is 0 Å². The second-order valence-electron chi connectivity index (χ2n) is 4.04. The summed E-state index contributed by atoms with van der Waals surface area (Å²) in [7, 11) is 1.66. The molecule has 1 N–H and O–H groups in total. The third-order valence-corrected chi connectivity index (χ3v) is 3.54. The van der Waals surface area contributed by atoms with Gasteiger partial charge in [0.2, 0.25) is 0 Å². The Kier molecular flexibility index (Phi) is 4.64. The van der Waals surface area contributed by atoms with Gasteiger partial charge >= 0.3 is 5.69 Å². The third kappa shape index (κ3) is 3.18. The Hall–Kier alpha value is -1.73. The lowest BCUT2D eigenvalue weighted by atomic mass is 10.2. The molecule has 0 spiro atoms. The number of rotatable bonds is 7. The van der Waals surface area contributed by atoms with Crippen molar-refractivity contribution in [1.29, 1.82) is 0 Å². The molecule has 0 amide bonds. The predicted molar refractivity (Wildman–Crippen MR) is 75.9 cm³/mol. The first-order valence-corrected chi connectivity index (χ1v) is 6.85. The average Bonchev–Trinajstić information content (AvgIpc) is 2.85. The van der Waals surface area contributed by atoms with Crippen molar-refractivity contribution in [3.05, 3.63) is 27.8 Å². The van der Waals surface area contributed by atoms with Gasteiger partial charge in [-0.05, 0) is 25.0 Å². The van der Waals surface area contributed by atoms with Crippen molar-refractivity contribution in [3.8, 4) is 0 Å². The largest absolute Gasteiger partial charge is 0.385 e. The lowest BCUT2D eigenvalue weighted by molar-refractivity contribution is -0.382. The minimum atomic E-state index is -0.375. The zero-order valence-electron chi connectivity index (χ0n) is 10.6. The summed E-state index contributed by atoms with van der Waals surface area (Å²) in [6.45, 7) is 1.38. The van der Waals surface area contributed by atoms with Gasteiger partial charge in [0.15, 0.2) is 5.52 Å². The van der Waals surface area contributed by atoms with Crippen molar-refractivity contribution in [3.63, 3.8) is 0 Å². The molecule has 0 unspecified atom stereocenters. The number of nitro benzene ring substituents is 1. The van der Waals surface area contributed by atoms with E-state index in [1.54, 1.807) is 18.7 Å². The molecule has 0 radical (unpaired) electrons. The van der Waals surface area contributed by atoms with E-state index in [4.69, 9.17) is 4.74 Å². The summed E-state index contributed by atoms with van der Waals surface area (Å²) in [5.74, 6) is 0. The van der Waals surface area contributed by atoms with Crippen molar-refractivity contribution in [2.24, 2.45) is 0 Å². The Morgan fingerprint density at radius 1 is 1.47 bits per heavy atom. The molecule has 0 aliphatic heterocycles. The van der Waals surface area contributed by atoms with Gasteiger partial charge in [0, 0.05) is 20.3 Å². The molecule has 2 aromatic rings. The normalized spacial score (nSPS) is 10.8. The molecule has 0 atom stereocenters. The van der Waals surface area contributed by atoms with E-state index in [1.807, 2.05) is 6.07 Å². The molecule has 1 heterocycles. The third-order valence-electron chi connectivity index (χ3n) is 2.75. The van der Waals surface area contributed by atoms with Crippen LogP contribution in [0.4, 0.5) is 11.4 Å². The molecule has 0 saturated carbocycles. The number of thiazole rings is 1. The van der Waals surface area contributed by atoms with Gasteiger partial charge < -0.3 is 10.1 Å². The Balaban J connectivity index is 2.13. The Labute approximate surface area is 114 Å². The van der Waals surface area contributed by atoms with Gasteiger partial charge in [-0.15, -0.1) is 11.3 Å².